The number of aromatic nitrogens is 2. The predicted molar refractivity (Wildman–Crippen MR) is 94.2 cm³/mol. The van der Waals surface area contributed by atoms with E-state index < -0.39 is 0 Å². The second-order valence-corrected chi connectivity index (χ2v) is 7.55. The summed E-state index contributed by atoms with van der Waals surface area (Å²) in [7, 11) is 0. The van der Waals surface area contributed by atoms with Crippen LogP contribution in [0.2, 0.25) is 0 Å². The Labute approximate surface area is 143 Å². The van der Waals surface area contributed by atoms with Crippen LogP contribution in [0.1, 0.15) is 48.5 Å². The molecule has 4 nitrogen and oxygen atoms in total. The van der Waals surface area contributed by atoms with Crippen molar-refractivity contribution in [3.63, 3.8) is 0 Å². The summed E-state index contributed by atoms with van der Waals surface area (Å²) in [5.41, 5.74) is 2.78. The third-order valence-corrected chi connectivity index (χ3v) is 6.02. The lowest BCUT2D eigenvalue weighted by Crippen LogP contribution is -2.40. The van der Waals surface area contributed by atoms with E-state index in [9.17, 15) is 4.79 Å². The van der Waals surface area contributed by atoms with E-state index in [-0.39, 0.29) is 11.9 Å². The van der Waals surface area contributed by atoms with Crippen LogP contribution in [-0.2, 0) is 0 Å². The number of carbonyl (C=O) groups is 1. The van der Waals surface area contributed by atoms with E-state index in [0.29, 0.717) is 11.5 Å². The highest BCUT2D eigenvalue weighted by Gasteiger charge is 2.42. The largest absolute Gasteiger partial charge is 0.349 e. The number of benzene rings is 1. The number of hydrogen-bond acceptors (Lipinski definition) is 2. The first-order valence-corrected chi connectivity index (χ1v) is 9.03. The molecule has 24 heavy (non-hydrogen) atoms. The summed E-state index contributed by atoms with van der Waals surface area (Å²) in [6.07, 6.45) is 9.07. The van der Waals surface area contributed by atoms with Crippen LogP contribution in [0.3, 0.4) is 0 Å². The van der Waals surface area contributed by atoms with E-state index in [1.807, 2.05) is 42.1 Å². The molecule has 2 bridgehead atoms. The molecule has 1 amide bonds. The van der Waals surface area contributed by atoms with Crippen molar-refractivity contribution in [2.24, 2.45) is 17.8 Å². The highest BCUT2D eigenvalue weighted by atomic mass is 16.1. The van der Waals surface area contributed by atoms with Crippen molar-refractivity contribution in [1.82, 2.24) is 15.1 Å². The maximum absolute atomic E-state index is 12.7. The predicted octanol–water partition coefficient (Wildman–Crippen LogP) is 3.74. The third kappa shape index (κ3) is 2.74. The van der Waals surface area contributed by atoms with Crippen LogP contribution in [-0.4, -0.2) is 21.7 Å². The summed E-state index contributed by atoms with van der Waals surface area (Å²) in [5.74, 6) is 2.41. The Hall–Kier alpha value is -2.10. The summed E-state index contributed by atoms with van der Waals surface area (Å²) in [6.45, 7) is 4.21. The molecule has 2 aliphatic carbocycles. The van der Waals surface area contributed by atoms with Crippen LogP contribution >= 0.6 is 0 Å². The van der Waals surface area contributed by atoms with Gasteiger partial charge in [0.2, 0.25) is 0 Å². The SMILES string of the molecule is Cc1ccc(C(=O)N[C@H](C)[C@H]2C[C@H]3CC[C@H]2C3)cc1-n1cccn1. The molecule has 1 aromatic carbocycles. The summed E-state index contributed by atoms with van der Waals surface area (Å²) < 4.78 is 1.81. The van der Waals surface area contributed by atoms with E-state index in [2.05, 4.69) is 17.3 Å². The van der Waals surface area contributed by atoms with Crippen LogP contribution in [0.4, 0.5) is 0 Å². The van der Waals surface area contributed by atoms with Crippen molar-refractivity contribution >= 4 is 5.91 Å². The molecule has 126 valence electrons. The first kappa shape index (κ1) is 15.4. The lowest BCUT2D eigenvalue weighted by atomic mass is 9.84. The molecular weight excluding hydrogens is 298 g/mol. The molecule has 2 aliphatic rings. The molecule has 1 aromatic heterocycles. The Kier molecular flexibility index (Phi) is 3.91. The molecule has 1 heterocycles. The Morgan fingerprint density at radius 2 is 2.21 bits per heavy atom. The van der Waals surface area contributed by atoms with Gasteiger partial charge < -0.3 is 5.32 Å². The normalized spacial score (nSPS) is 26.5. The van der Waals surface area contributed by atoms with Gasteiger partial charge in [0.05, 0.1) is 5.69 Å². The van der Waals surface area contributed by atoms with E-state index in [1.165, 1.54) is 25.7 Å². The zero-order chi connectivity index (χ0) is 16.7. The summed E-state index contributed by atoms with van der Waals surface area (Å²) in [6, 6.07) is 7.98. The number of amides is 1. The van der Waals surface area contributed by atoms with Gasteiger partial charge in [0.1, 0.15) is 0 Å². The lowest BCUT2D eigenvalue weighted by molar-refractivity contribution is 0.0915. The second kappa shape index (κ2) is 6.08. The van der Waals surface area contributed by atoms with Crippen molar-refractivity contribution < 1.29 is 4.79 Å². The topological polar surface area (TPSA) is 46.9 Å². The standard InChI is InChI=1S/C20H25N3O/c1-13-4-6-17(12-19(13)23-9-3-8-21-23)20(24)22-14(2)18-11-15-5-7-16(18)10-15/h3-4,6,8-9,12,14-16,18H,5,7,10-11H2,1-2H3,(H,22,24)/t14-,15+,16+,18-/m1/s1. The van der Waals surface area contributed by atoms with E-state index in [4.69, 9.17) is 0 Å². The Morgan fingerprint density at radius 3 is 2.88 bits per heavy atom. The van der Waals surface area contributed by atoms with Gasteiger partial charge in [0, 0.05) is 24.0 Å². The van der Waals surface area contributed by atoms with E-state index >= 15 is 0 Å². The zero-order valence-electron chi connectivity index (χ0n) is 14.4. The fourth-order valence-corrected chi connectivity index (χ4v) is 4.71. The number of nitrogens with zero attached hydrogens (tertiary/aromatic N) is 2. The number of carbonyl (C=O) groups excluding carboxylic acids is 1. The summed E-state index contributed by atoms with van der Waals surface area (Å²) in [5, 5.41) is 7.53. The maximum Gasteiger partial charge on any atom is 0.251 e. The third-order valence-electron chi connectivity index (χ3n) is 6.02. The van der Waals surface area contributed by atoms with Gasteiger partial charge in [-0.25, -0.2) is 4.68 Å². The molecular formula is C20H25N3O. The van der Waals surface area contributed by atoms with Crippen molar-refractivity contribution in [3.8, 4) is 5.69 Å². The molecule has 2 fully saturated rings. The number of rotatable bonds is 4. The zero-order valence-corrected chi connectivity index (χ0v) is 14.4. The van der Waals surface area contributed by atoms with Gasteiger partial charge in [-0.3, -0.25) is 4.79 Å². The average Bonchev–Trinajstić information content (AvgIpc) is 3.32. The molecule has 0 aliphatic heterocycles. The molecule has 0 saturated heterocycles. The summed E-state index contributed by atoms with van der Waals surface area (Å²) in [4.78, 5) is 12.7. The smallest absolute Gasteiger partial charge is 0.251 e. The van der Waals surface area contributed by atoms with Gasteiger partial charge in [-0.05, 0) is 74.6 Å². The fraction of sp³-hybridized carbons (Fsp3) is 0.500. The Morgan fingerprint density at radius 1 is 1.33 bits per heavy atom. The maximum atomic E-state index is 12.7. The monoisotopic (exact) mass is 323 g/mol. The van der Waals surface area contributed by atoms with Gasteiger partial charge in [-0.15, -0.1) is 0 Å². The van der Waals surface area contributed by atoms with Crippen LogP contribution in [0.15, 0.2) is 36.7 Å². The first-order valence-electron chi connectivity index (χ1n) is 9.03. The quantitative estimate of drug-likeness (QED) is 0.932. The second-order valence-electron chi connectivity index (χ2n) is 7.55. The van der Waals surface area contributed by atoms with Crippen LogP contribution in [0, 0.1) is 24.7 Å². The van der Waals surface area contributed by atoms with Crippen LogP contribution in [0.25, 0.3) is 5.69 Å². The van der Waals surface area contributed by atoms with E-state index in [0.717, 1.165) is 23.1 Å². The van der Waals surface area contributed by atoms with Crippen molar-refractivity contribution in [2.75, 3.05) is 0 Å². The molecule has 2 saturated carbocycles. The molecule has 4 heteroatoms. The van der Waals surface area contributed by atoms with Crippen molar-refractivity contribution in [3.05, 3.63) is 47.8 Å². The number of nitrogens with one attached hydrogen (secondary N) is 1. The minimum absolute atomic E-state index is 0.0266. The van der Waals surface area contributed by atoms with Crippen LogP contribution in [0.5, 0.6) is 0 Å². The van der Waals surface area contributed by atoms with Gasteiger partial charge in [0.15, 0.2) is 0 Å². The first-order chi connectivity index (χ1) is 11.6. The van der Waals surface area contributed by atoms with E-state index in [1.54, 1.807) is 6.20 Å². The molecule has 1 N–H and O–H groups in total. The van der Waals surface area contributed by atoms with Crippen LogP contribution < -0.4 is 5.32 Å². The molecule has 4 atom stereocenters. The van der Waals surface area contributed by atoms with Gasteiger partial charge >= 0.3 is 0 Å². The number of aryl methyl sites for hydroxylation is 1. The average molecular weight is 323 g/mol. The van der Waals surface area contributed by atoms with Crippen molar-refractivity contribution in [2.45, 2.75) is 45.6 Å². The number of hydrogen-bond donors (Lipinski definition) is 1. The molecule has 4 rings (SSSR count). The molecule has 0 spiro atoms. The highest BCUT2D eigenvalue weighted by Crippen LogP contribution is 2.49. The highest BCUT2D eigenvalue weighted by molar-refractivity contribution is 5.95. The van der Waals surface area contributed by atoms with Gasteiger partial charge in [-0.1, -0.05) is 12.5 Å². The van der Waals surface area contributed by atoms with Crippen molar-refractivity contribution in [1.29, 1.82) is 0 Å². The molecule has 0 radical (unpaired) electrons. The molecule has 2 aromatic rings. The fourth-order valence-electron chi connectivity index (χ4n) is 4.71. The minimum Gasteiger partial charge on any atom is -0.349 e. The Bertz CT molecular complexity index is 737. The lowest BCUT2D eigenvalue weighted by Gasteiger charge is -2.28. The Balaban J connectivity index is 1.49. The summed E-state index contributed by atoms with van der Waals surface area (Å²) >= 11 is 0. The molecule has 0 unspecified atom stereocenters. The number of fused-ring (bicyclic) bond motifs is 2. The van der Waals surface area contributed by atoms with Gasteiger partial charge in [0.25, 0.3) is 5.91 Å². The van der Waals surface area contributed by atoms with Gasteiger partial charge in [-0.2, -0.15) is 5.10 Å². The minimum atomic E-state index is 0.0266.